The van der Waals surface area contributed by atoms with Gasteiger partial charge in [0.2, 0.25) is 5.91 Å². The van der Waals surface area contributed by atoms with Crippen LogP contribution in [0.5, 0.6) is 5.75 Å². The second kappa shape index (κ2) is 12.5. The zero-order valence-corrected chi connectivity index (χ0v) is 23.1. The lowest BCUT2D eigenvalue weighted by Gasteiger charge is -2.34. The fourth-order valence-corrected chi connectivity index (χ4v) is 5.98. The SMILES string of the molecule is CN(C(=O)C1CCCN(C(=O)O)C1)C1CCN(c2ccc(NC(=O)Nc3ccc(OC4CCCC4)cc3)cc2)C1. The van der Waals surface area contributed by atoms with Crippen LogP contribution in [0, 0.1) is 5.92 Å². The van der Waals surface area contributed by atoms with E-state index in [-0.39, 0.29) is 30.4 Å². The Kier molecular flexibility index (Phi) is 8.62. The maximum absolute atomic E-state index is 13.1. The summed E-state index contributed by atoms with van der Waals surface area (Å²) in [4.78, 5) is 42.3. The predicted molar refractivity (Wildman–Crippen MR) is 154 cm³/mol. The summed E-state index contributed by atoms with van der Waals surface area (Å²) in [5, 5.41) is 15.0. The number of carbonyl (C=O) groups is 3. The van der Waals surface area contributed by atoms with Crippen molar-refractivity contribution >= 4 is 35.1 Å². The van der Waals surface area contributed by atoms with Gasteiger partial charge in [0, 0.05) is 50.3 Å². The Labute approximate surface area is 235 Å². The number of rotatable bonds is 7. The molecule has 40 heavy (non-hydrogen) atoms. The van der Waals surface area contributed by atoms with Crippen LogP contribution >= 0.6 is 0 Å². The Bertz CT molecular complexity index is 1180. The highest BCUT2D eigenvalue weighted by Gasteiger charge is 2.35. The van der Waals surface area contributed by atoms with E-state index >= 15 is 0 Å². The molecule has 3 fully saturated rings. The fourth-order valence-electron chi connectivity index (χ4n) is 5.98. The highest BCUT2D eigenvalue weighted by atomic mass is 16.5. The molecule has 5 rings (SSSR count). The van der Waals surface area contributed by atoms with E-state index in [1.807, 2.05) is 60.5 Å². The molecule has 2 unspecified atom stereocenters. The van der Waals surface area contributed by atoms with E-state index in [2.05, 4.69) is 15.5 Å². The third-order valence-corrected chi connectivity index (χ3v) is 8.31. The minimum atomic E-state index is -0.957. The van der Waals surface area contributed by atoms with E-state index in [1.54, 1.807) is 0 Å². The molecule has 3 N–H and O–H groups in total. The van der Waals surface area contributed by atoms with Gasteiger partial charge < -0.3 is 35.2 Å². The highest BCUT2D eigenvalue weighted by molar-refractivity contribution is 5.99. The number of piperidine rings is 1. The number of carbonyl (C=O) groups excluding carboxylic acids is 2. The first-order chi connectivity index (χ1) is 19.4. The number of likely N-dealkylation sites (N-methyl/N-ethyl adjacent to an activating group) is 1. The second-order valence-electron chi connectivity index (χ2n) is 11.1. The van der Waals surface area contributed by atoms with E-state index in [1.165, 1.54) is 17.7 Å². The first-order valence-electron chi connectivity index (χ1n) is 14.3. The molecule has 2 atom stereocenters. The summed E-state index contributed by atoms with van der Waals surface area (Å²) in [5.74, 6) is 0.579. The first-order valence-corrected chi connectivity index (χ1v) is 14.3. The zero-order valence-electron chi connectivity index (χ0n) is 23.1. The molecular weight excluding hydrogens is 510 g/mol. The summed E-state index contributed by atoms with van der Waals surface area (Å²) in [6, 6.07) is 14.9. The lowest BCUT2D eigenvalue weighted by atomic mass is 9.96. The van der Waals surface area contributed by atoms with Crippen molar-refractivity contribution in [3.63, 3.8) is 0 Å². The summed E-state index contributed by atoms with van der Waals surface area (Å²) in [6.07, 6.45) is 6.29. The van der Waals surface area contributed by atoms with E-state index < -0.39 is 6.09 Å². The van der Waals surface area contributed by atoms with Crippen molar-refractivity contribution in [3.8, 4) is 5.75 Å². The van der Waals surface area contributed by atoms with Crippen molar-refractivity contribution in [2.45, 2.75) is 57.1 Å². The van der Waals surface area contributed by atoms with E-state index in [0.29, 0.717) is 37.0 Å². The van der Waals surface area contributed by atoms with Crippen molar-refractivity contribution in [1.82, 2.24) is 9.80 Å². The van der Waals surface area contributed by atoms with Crippen molar-refractivity contribution in [3.05, 3.63) is 48.5 Å². The number of likely N-dealkylation sites (tertiary alicyclic amines) is 1. The standard InChI is InChI=1S/C30H39N5O5/c1-33(28(36)21-5-4-17-35(19-21)30(38)39)25-16-18-34(20-25)24-12-8-22(9-13-24)31-29(37)32-23-10-14-27(15-11-23)40-26-6-2-3-7-26/h8-15,21,25-26H,2-7,16-20H2,1H3,(H,38,39)(H2,31,32,37). The van der Waals surface area contributed by atoms with E-state index in [4.69, 9.17) is 4.74 Å². The molecule has 3 aliphatic rings. The van der Waals surface area contributed by atoms with Crippen LogP contribution in [0.25, 0.3) is 0 Å². The molecule has 10 nitrogen and oxygen atoms in total. The molecule has 2 saturated heterocycles. The van der Waals surface area contributed by atoms with Gasteiger partial charge in [-0.1, -0.05) is 0 Å². The number of amides is 4. The lowest BCUT2D eigenvalue weighted by Crippen LogP contribution is -2.48. The largest absolute Gasteiger partial charge is 0.490 e. The molecule has 10 heteroatoms. The topological polar surface area (TPSA) is 114 Å². The number of urea groups is 1. The normalized spacial score (nSPS) is 21.2. The summed E-state index contributed by atoms with van der Waals surface area (Å²) in [6.45, 7) is 2.31. The van der Waals surface area contributed by atoms with Gasteiger partial charge >= 0.3 is 12.1 Å². The second-order valence-corrected chi connectivity index (χ2v) is 11.1. The molecule has 214 valence electrons. The minimum Gasteiger partial charge on any atom is -0.490 e. The molecule has 0 aromatic heterocycles. The van der Waals surface area contributed by atoms with Gasteiger partial charge in [-0.15, -0.1) is 0 Å². The number of carboxylic acid groups (broad SMARTS) is 1. The fraction of sp³-hybridized carbons (Fsp3) is 0.500. The van der Waals surface area contributed by atoms with Crippen LogP contribution in [0.2, 0.25) is 0 Å². The number of nitrogens with one attached hydrogen (secondary N) is 2. The van der Waals surface area contributed by atoms with Crippen molar-refractivity contribution in [2.24, 2.45) is 5.92 Å². The molecule has 1 aliphatic carbocycles. The first kappa shape index (κ1) is 27.6. The van der Waals surface area contributed by atoms with Crippen LogP contribution < -0.4 is 20.3 Å². The third-order valence-electron chi connectivity index (χ3n) is 8.31. The predicted octanol–water partition coefficient (Wildman–Crippen LogP) is 5.08. The Morgan fingerprint density at radius 1 is 0.850 bits per heavy atom. The third kappa shape index (κ3) is 6.78. The van der Waals surface area contributed by atoms with Gasteiger partial charge in [-0.3, -0.25) is 4.79 Å². The summed E-state index contributed by atoms with van der Waals surface area (Å²) in [7, 11) is 1.83. The molecule has 0 spiro atoms. The molecule has 0 radical (unpaired) electrons. The molecule has 2 aromatic carbocycles. The number of ether oxygens (including phenoxy) is 1. The summed E-state index contributed by atoms with van der Waals surface area (Å²) in [5.41, 5.74) is 2.41. The molecule has 1 saturated carbocycles. The van der Waals surface area contributed by atoms with Crippen molar-refractivity contribution in [2.75, 3.05) is 48.8 Å². The number of nitrogens with zero attached hydrogens (tertiary/aromatic N) is 3. The van der Waals surface area contributed by atoms with Gasteiger partial charge in [-0.2, -0.15) is 0 Å². The maximum Gasteiger partial charge on any atom is 0.407 e. The Morgan fingerprint density at radius 3 is 2.15 bits per heavy atom. The number of anilines is 3. The number of hydrogen-bond acceptors (Lipinski definition) is 5. The van der Waals surface area contributed by atoms with Gasteiger partial charge in [0.25, 0.3) is 0 Å². The van der Waals surface area contributed by atoms with Crippen LogP contribution in [-0.4, -0.2) is 78.3 Å². The Hall–Kier alpha value is -3.95. The van der Waals surface area contributed by atoms with Gasteiger partial charge in [0.05, 0.1) is 18.1 Å². The van der Waals surface area contributed by atoms with Gasteiger partial charge in [0.1, 0.15) is 5.75 Å². The van der Waals surface area contributed by atoms with E-state index in [9.17, 15) is 19.5 Å². The molecule has 2 heterocycles. The Morgan fingerprint density at radius 2 is 1.50 bits per heavy atom. The minimum absolute atomic E-state index is 0.0272. The summed E-state index contributed by atoms with van der Waals surface area (Å²) < 4.78 is 5.98. The number of benzene rings is 2. The maximum atomic E-state index is 13.1. The van der Waals surface area contributed by atoms with Gasteiger partial charge in [-0.05, 0) is 93.5 Å². The average Bonchev–Trinajstić information content (AvgIpc) is 3.67. The van der Waals surface area contributed by atoms with Crippen LogP contribution in [0.15, 0.2) is 48.5 Å². The lowest BCUT2D eigenvalue weighted by molar-refractivity contribution is -0.137. The molecule has 2 aromatic rings. The van der Waals surface area contributed by atoms with Gasteiger partial charge in [0.15, 0.2) is 0 Å². The zero-order chi connectivity index (χ0) is 28.1. The van der Waals surface area contributed by atoms with Crippen LogP contribution in [-0.2, 0) is 4.79 Å². The highest BCUT2D eigenvalue weighted by Crippen LogP contribution is 2.27. The van der Waals surface area contributed by atoms with Crippen LogP contribution in [0.1, 0.15) is 44.9 Å². The summed E-state index contributed by atoms with van der Waals surface area (Å²) >= 11 is 0. The average molecular weight is 550 g/mol. The van der Waals surface area contributed by atoms with Gasteiger partial charge in [-0.25, -0.2) is 9.59 Å². The smallest absolute Gasteiger partial charge is 0.407 e. The van der Waals surface area contributed by atoms with Crippen LogP contribution in [0.3, 0.4) is 0 Å². The van der Waals surface area contributed by atoms with E-state index in [0.717, 1.165) is 43.7 Å². The molecule has 0 bridgehead atoms. The van der Waals surface area contributed by atoms with Crippen LogP contribution in [0.4, 0.5) is 26.7 Å². The number of hydrogen-bond donors (Lipinski definition) is 3. The molecule has 2 aliphatic heterocycles. The quantitative estimate of drug-likeness (QED) is 0.444. The van der Waals surface area contributed by atoms with Crippen molar-refractivity contribution < 1.29 is 24.2 Å². The monoisotopic (exact) mass is 549 g/mol. The Balaban J connectivity index is 1.08. The van der Waals surface area contributed by atoms with Crippen molar-refractivity contribution in [1.29, 1.82) is 0 Å². The molecule has 4 amide bonds. The molecular formula is C30H39N5O5.